The summed E-state index contributed by atoms with van der Waals surface area (Å²) < 4.78 is 8.61. The van der Waals surface area contributed by atoms with Gasteiger partial charge in [-0.25, -0.2) is 0 Å². The summed E-state index contributed by atoms with van der Waals surface area (Å²) in [5.41, 5.74) is 17.6. The molecule has 7 rings (SSSR count). The second-order valence-electron chi connectivity index (χ2n) is 22.0. The van der Waals surface area contributed by atoms with Crippen LogP contribution in [0.25, 0.3) is 34.4 Å². The number of fused-ring (bicyclic) bond motifs is 2. The van der Waals surface area contributed by atoms with E-state index in [1.165, 1.54) is 74.9 Å². The van der Waals surface area contributed by atoms with Gasteiger partial charge in [-0.2, -0.15) is 0 Å². The average Bonchev–Trinajstić information content (AvgIpc) is 3.68. The summed E-state index contributed by atoms with van der Waals surface area (Å²) in [6, 6.07) is 29.3. The van der Waals surface area contributed by atoms with Gasteiger partial charge in [0, 0.05) is 0 Å². The summed E-state index contributed by atoms with van der Waals surface area (Å²) in [6.45, 7) is 28.2. The van der Waals surface area contributed by atoms with Crippen LogP contribution in [0.5, 0.6) is 0 Å². The standard InChI is InChI=1S/2C23H27.C4H6.2CH3.Hf/c2*1-22(2,3)18-13-17(14-19(15-18)23(4,5)6)21-12-8-10-16-9-7-11-20(16)21;1-2-4-3-1;;;/h2*7-15H,1-6H3;1-3H2;2*1H3;. The number of rotatable bonds is 4. The molecule has 0 aromatic heterocycles. The van der Waals surface area contributed by atoms with E-state index in [-0.39, 0.29) is 21.7 Å². The molecule has 0 bridgehead atoms. The number of hydrogen-bond acceptors (Lipinski definition) is 0. The number of allylic oxidation sites excluding steroid dienone is 2. The summed E-state index contributed by atoms with van der Waals surface area (Å²) in [5.74, 6) is 0. The van der Waals surface area contributed by atoms with Gasteiger partial charge in [0.15, 0.2) is 0 Å². The van der Waals surface area contributed by atoms with Crippen molar-refractivity contribution in [2.45, 2.75) is 141 Å². The van der Waals surface area contributed by atoms with Gasteiger partial charge in [0.1, 0.15) is 0 Å². The quantitative estimate of drug-likeness (QED) is 0.179. The molecular weight excluding hydrogens is 803 g/mol. The second-order valence-corrected chi connectivity index (χ2v) is 47.7. The Labute approximate surface area is 323 Å². The summed E-state index contributed by atoms with van der Waals surface area (Å²) in [5, 5.41) is 0. The van der Waals surface area contributed by atoms with Gasteiger partial charge in [-0.15, -0.1) is 0 Å². The van der Waals surface area contributed by atoms with Crippen molar-refractivity contribution < 1.29 is 18.0 Å². The van der Waals surface area contributed by atoms with Crippen LogP contribution in [0.2, 0.25) is 9.36 Å². The van der Waals surface area contributed by atoms with E-state index >= 15 is 0 Å². The summed E-state index contributed by atoms with van der Waals surface area (Å²) in [6.07, 6.45) is 14.4. The van der Waals surface area contributed by atoms with Gasteiger partial charge in [-0.1, -0.05) is 0 Å². The van der Waals surface area contributed by atoms with E-state index in [1.54, 1.807) is 11.1 Å². The summed E-state index contributed by atoms with van der Waals surface area (Å²) in [7, 11) is 0. The fourth-order valence-electron chi connectivity index (χ4n) is 9.80. The molecule has 1 saturated carbocycles. The zero-order valence-corrected chi connectivity index (χ0v) is 39.1. The van der Waals surface area contributed by atoms with Crippen molar-refractivity contribution in [3.8, 4) is 22.3 Å². The van der Waals surface area contributed by atoms with Crippen molar-refractivity contribution in [3.63, 3.8) is 0 Å². The van der Waals surface area contributed by atoms with E-state index in [0.717, 1.165) is 0 Å². The zero-order valence-electron chi connectivity index (χ0n) is 35.5. The first kappa shape index (κ1) is 38.4. The van der Waals surface area contributed by atoms with Crippen LogP contribution in [-0.4, -0.2) is 3.26 Å². The molecule has 0 saturated heterocycles. The number of hydrogen-bond donors (Lipinski definition) is 0. The first-order valence-electron chi connectivity index (χ1n) is 20.5. The van der Waals surface area contributed by atoms with Crippen LogP contribution in [0.1, 0.15) is 154 Å². The van der Waals surface area contributed by atoms with Crippen molar-refractivity contribution in [2.75, 3.05) is 0 Å². The molecule has 3 aliphatic carbocycles. The number of benzene rings is 4. The Kier molecular flexibility index (Phi) is 9.10. The van der Waals surface area contributed by atoms with E-state index in [1.807, 2.05) is 3.26 Å². The molecule has 4 aromatic carbocycles. The minimum absolute atomic E-state index is 0.0829. The fourth-order valence-corrected chi connectivity index (χ4v) is 34.9. The predicted octanol–water partition coefficient (Wildman–Crippen LogP) is 15.2. The molecule has 0 heterocycles. The topological polar surface area (TPSA) is 0 Å². The molecule has 3 aliphatic rings. The first-order valence-corrected chi connectivity index (χ1v) is 33.6. The molecule has 2 unspecified atom stereocenters. The molecule has 0 spiro atoms. The molecule has 1 fully saturated rings. The molecule has 0 radical (unpaired) electrons. The first-order chi connectivity index (χ1) is 24.5. The Hall–Kier alpha value is -2.90. The van der Waals surface area contributed by atoms with Crippen molar-refractivity contribution >= 4 is 15.4 Å². The van der Waals surface area contributed by atoms with E-state index in [9.17, 15) is 0 Å². The molecule has 0 nitrogen and oxygen atoms in total. The molecule has 0 N–H and O–H groups in total. The third-order valence-electron chi connectivity index (χ3n) is 13.8. The molecule has 0 aliphatic heterocycles. The van der Waals surface area contributed by atoms with Crippen LogP contribution in [0.4, 0.5) is 0 Å². The van der Waals surface area contributed by atoms with Crippen LogP contribution in [0.15, 0.2) is 84.9 Å². The Morgan fingerprint density at radius 2 is 0.811 bits per heavy atom. The zero-order chi connectivity index (χ0) is 38.5. The Balaban J connectivity index is 1.38. The molecule has 1 heteroatoms. The van der Waals surface area contributed by atoms with Gasteiger partial charge in [-0.05, 0) is 0 Å². The molecule has 4 aromatic rings. The third kappa shape index (κ3) is 6.54. The van der Waals surface area contributed by atoms with Gasteiger partial charge in [0.05, 0.1) is 0 Å². The SMILES string of the molecule is CC(C)(C)c1cc(-c2cccc3c2C=C[CH]3[Hf]([CH3])([CH3])(=[C]2CCC2)[CH]2C=Cc3c(-c4cc(C(C)(C)C)cc(C(C)(C)C)c4)cccc32)cc(C(C)(C)C)c1. The molecule has 0 amide bonds. The van der Waals surface area contributed by atoms with Gasteiger partial charge in [-0.3, -0.25) is 0 Å². The molecule has 53 heavy (non-hydrogen) atoms. The van der Waals surface area contributed by atoms with Crippen molar-refractivity contribution in [1.82, 2.24) is 0 Å². The maximum atomic E-state index is 2.84. The van der Waals surface area contributed by atoms with Gasteiger partial charge in [0.25, 0.3) is 0 Å². The van der Waals surface area contributed by atoms with E-state index in [4.69, 9.17) is 0 Å². The van der Waals surface area contributed by atoms with E-state index in [2.05, 4.69) is 190 Å². The van der Waals surface area contributed by atoms with Gasteiger partial charge in [0.2, 0.25) is 0 Å². The second kappa shape index (κ2) is 12.6. The summed E-state index contributed by atoms with van der Waals surface area (Å²) >= 11 is -4.00. The van der Waals surface area contributed by atoms with Crippen molar-refractivity contribution in [2.24, 2.45) is 0 Å². The van der Waals surface area contributed by atoms with Gasteiger partial charge >= 0.3 is 326 Å². The molecular formula is C52H66Hf. The Morgan fingerprint density at radius 1 is 0.472 bits per heavy atom. The van der Waals surface area contributed by atoms with E-state index < -0.39 is 18.0 Å². The van der Waals surface area contributed by atoms with Crippen LogP contribution >= 0.6 is 0 Å². The fraction of sp³-hybridized carbons (Fsp3) is 0.442. The predicted molar refractivity (Wildman–Crippen MR) is 233 cm³/mol. The maximum absolute atomic E-state index is 4.00. The monoisotopic (exact) mass is 870 g/mol. The van der Waals surface area contributed by atoms with Crippen molar-refractivity contribution in [1.29, 1.82) is 0 Å². The minimum atomic E-state index is -4.00. The normalized spacial score (nSPS) is 19.0. The Morgan fingerprint density at radius 3 is 1.09 bits per heavy atom. The van der Waals surface area contributed by atoms with Crippen LogP contribution in [-0.2, 0) is 39.7 Å². The molecule has 278 valence electrons. The summed E-state index contributed by atoms with van der Waals surface area (Å²) in [4.78, 5) is 0. The van der Waals surface area contributed by atoms with Gasteiger partial charge < -0.3 is 0 Å². The Bertz CT molecular complexity index is 2030. The van der Waals surface area contributed by atoms with E-state index in [0.29, 0.717) is 7.35 Å². The average molecular weight is 870 g/mol. The van der Waals surface area contributed by atoms with Crippen LogP contribution < -0.4 is 0 Å². The third-order valence-corrected chi connectivity index (χ3v) is 41.0. The van der Waals surface area contributed by atoms with Crippen LogP contribution in [0, 0.1) is 0 Å². The molecule has 2 atom stereocenters. The van der Waals surface area contributed by atoms with Crippen LogP contribution in [0.3, 0.4) is 0 Å². The van der Waals surface area contributed by atoms with Crippen molar-refractivity contribution in [3.05, 3.63) is 129 Å².